The first kappa shape index (κ1) is 21.4. The van der Waals surface area contributed by atoms with E-state index < -0.39 is 0 Å². The van der Waals surface area contributed by atoms with Gasteiger partial charge in [0.2, 0.25) is 5.89 Å². The fourth-order valence-corrected chi connectivity index (χ4v) is 2.75. The van der Waals surface area contributed by atoms with Gasteiger partial charge in [0, 0.05) is 19.2 Å². The van der Waals surface area contributed by atoms with Crippen LogP contribution in [-0.4, -0.2) is 31.3 Å². The first-order chi connectivity index (χ1) is 12.6. The van der Waals surface area contributed by atoms with Gasteiger partial charge in [-0.2, -0.15) is 0 Å². The molecule has 148 valence electrons. The number of hydrogen-bond acceptors (Lipinski definition) is 5. The lowest BCUT2D eigenvalue weighted by Gasteiger charge is -2.21. The number of oxazole rings is 1. The fourth-order valence-electron chi connectivity index (χ4n) is 2.75. The van der Waals surface area contributed by atoms with E-state index in [1.165, 1.54) is 12.1 Å². The number of fused-ring (bicyclic) bond motifs is 1. The Bertz CT molecular complexity index is 791. The molecule has 0 saturated heterocycles. The molecule has 0 bridgehead atoms. The SMILES string of the molecule is CN=C(NCCc1cc(F)cc2c1OCOC2)NCc1nc(C)c(C)o1.I. The molecule has 0 aliphatic carbocycles. The van der Waals surface area contributed by atoms with Crippen molar-refractivity contribution in [2.45, 2.75) is 33.4 Å². The van der Waals surface area contributed by atoms with Gasteiger partial charge in [0.15, 0.2) is 12.8 Å². The molecule has 0 unspecified atom stereocenters. The number of hydrogen-bond donors (Lipinski definition) is 2. The number of rotatable bonds is 5. The lowest BCUT2D eigenvalue weighted by molar-refractivity contribution is -0.0172. The number of aryl methyl sites for hydroxylation is 2. The van der Waals surface area contributed by atoms with Crippen LogP contribution in [0.25, 0.3) is 0 Å². The molecule has 9 heteroatoms. The highest BCUT2D eigenvalue weighted by molar-refractivity contribution is 14.0. The topological polar surface area (TPSA) is 80.9 Å². The Morgan fingerprint density at radius 1 is 1.30 bits per heavy atom. The smallest absolute Gasteiger partial charge is 0.214 e. The molecule has 1 aromatic heterocycles. The van der Waals surface area contributed by atoms with Crippen LogP contribution in [0.15, 0.2) is 21.5 Å². The molecule has 0 radical (unpaired) electrons. The van der Waals surface area contributed by atoms with Crippen LogP contribution in [0.5, 0.6) is 5.75 Å². The summed E-state index contributed by atoms with van der Waals surface area (Å²) in [6.45, 7) is 5.35. The van der Waals surface area contributed by atoms with Gasteiger partial charge in [-0.05, 0) is 38.0 Å². The molecular weight excluding hydrogens is 466 g/mol. The fraction of sp³-hybridized carbons (Fsp3) is 0.444. The molecule has 2 heterocycles. The lowest BCUT2D eigenvalue weighted by atomic mass is 10.1. The summed E-state index contributed by atoms with van der Waals surface area (Å²) in [6, 6.07) is 2.95. The van der Waals surface area contributed by atoms with Crippen molar-refractivity contribution in [1.29, 1.82) is 0 Å². The van der Waals surface area contributed by atoms with Crippen molar-refractivity contribution in [3.05, 3.63) is 46.4 Å². The summed E-state index contributed by atoms with van der Waals surface area (Å²) in [7, 11) is 1.69. The van der Waals surface area contributed by atoms with Gasteiger partial charge < -0.3 is 24.5 Å². The van der Waals surface area contributed by atoms with Crippen LogP contribution >= 0.6 is 24.0 Å². The number of aromatic nitrogens is 1. The maximum Gasteiger partial charge on any atom is 0.214 e. The van der Waals surface area contributed by atoms with Crippen molar-refractivity contribution in [1.82, 2.24) is 15.6 Å². The lowest BCUT2D eigenvalue weighted by Crippen LogP contribution is -2.38. The minimum Gasteiger partial charge on any atom is -0.467 e. The largest absolute Gasteiger partial charge is 0.467 e. The van der Waals surface area contributed by atoms with Gasteiger partial charge in [-0.1, -0.05) is 0 Å². The number of guanidine groups is 1. The van der Waals surface area contributed by atoms with Crippen LogP contribution in [0.4, 0.5) is 4.39 Å². The third-order valence-corrected chi connectivity index (χ3v) is 4.14. The van der Waals surface area contributed by atoms with E-state index in [4.69, 9.17) is 13.9 Å². The van der Waals surface area contributed by atoms with Crippen LogP contribution in [0.3, 0.4) is 0 Å². The number of aliphatic imine (C=N–C) groups is 1. The van der Waals surface area contributed by atoms with Crippen LogP contribution in [0.1, 0.15) is 28.5 Å². The summed E-state index contributed by atoms with van der Waals surface area (Å²) in [4.78, 5) is 8.49. The van der Waals surface area contributed by atoms with Crippen molar-refractivity contribution in [2.75, 3.05) is 20.4 Å². The molecule has 0 atom stereocenters. The molecule has 27 heavy (non-hydrogen) atoms. The molecule has 1 aliphatic heterocycles. The van der Waals surface area contributed by atoms with Crippen LogP contribution in [0, 0.1) is 19.7 Å². The summed E-state index contributed by atoms with van der Waals surface area (Å²) in [6.07, 6.45) is 0.595. The molecular formula is C18H24FIN4O3. The van der Waals surface area contributed by atoms with E-state index in [-0.39, 0.29) is 36.6 Å². The van der Waals surface area contributed by atoms with Crippen LogP contribution in [0.2, 0.25) is 0 Å². The highest BCUT2D eigenvalue weighted by atomic mass is 127. The summed E-state index contributed by atoms with van der Waals surface area (Å²) in [5.74, 6) is 2.46. The average Bonchev–Trinajstić information content (AvgIpc) is 2.95. The Kier molecular flexibility index (Phi) is 7.84. The summed E-state index contributed by atoms with van der Waals surface area (Å²) in [5, 5.41) is 6.34. The van der Waals surface area contributed by atoms with Crippen molar-refractivity contribution in [3.8, 4) is 5.75 Å². The van der Waals surface area contributed by atoms with Gasteiger partial charge in [0.05, 0.1) is 18.8 Å². The molecule has 3 rings (SSSR count). The molecule has 0 amide bonds. The first-order valence-corrected chi connectivity index (χ1v) is 8.46. The van der Waals surface area contributed by atoms with Crippen molar-refractivity contribution < 1.29 is 18.3 Å². The Morgan fingerprint density at radius 3 is 2.81 bits per heavy atom. The molecule has 2 aromatic rings. The maximum absolute atomic E-state index is 13.8. The van der Waals surface area contributed by atoms with E-state index in [2.05, 4.69) is 20.6 Å². The van der Waals surface area contributed by atoms with E-state index in [9.17, 15) is 4.39 Å². The second-order valence-corrected chi connectivity index (χ2v) is 6.02. The number of ether oxygens (including phenoxy) is 2. The van der Waals surface area contributed by atoms with Gasteiger partial charge in [0.25, 0.3) is 0 Å². The van der Waals surface area contributed by atoms with E-state index in [1.54, 1.807) is 7.05 Å². The van der Waals surface area contributed by atoms with Gasteiger partial charge in [-0.15, -0.1) is 24.0 Å². The van der Waals surface area contributed by atoms with E-state index >= 15 is 0 Å². The zero-order valence-corrected chi connectivity index (χ0v) is 17.9. The monoisotopic (exact) mass is 490 g/mol. The average molecular weight is 490 g/mol. The highest BCUT2D eigenvalue weighted by Crippen LogP contribution is 2.29. The quantitative estimate of drug-likeness (QED) is 0.381. The predicted octanol–water partition coefficient (Wildman–Crippen LogP) is 2.82. The maximum atomic E-state index is 13.8. The molecule has 1 aromatic carbocycles. The number of halogens is 2. The zero-order valence-electron chi connectivity index (χ0n) is 15.6. The van der Waals surface area contributed by atoms with Crippen molar-refractivity contribution in [2.24, 2.45) is 4.99 Å². The van der Waals surface area contributed by atoms with Crippen molar-refractivity contribution in [3.63, 3.8) is 0 Å². The highest BCUT2D eigenvalue weighted by Gasteiger charge is 2.16. The number of nitrogens with one attached hydrogen (secondary N) is 2. The molecule has 7 nitrogen and oxygen atoms in total. The second-order valence-electron chi connectivity index (χ2n) is 6.02. The van der Waals surface area contributed by atoms with Crippen LogP contribution < -0.4 is 15.4 Å². The summed E-state index contributed by atoms with van der Waals surface area (Å²) < 4.78 is 30.0. The van der Waals surface area contributed by atoms with Crippen LogP contribution in [-0.2, 0) is 24.3 Å². The van der Waals surface area contributed by atoms with Gasteiger partial charge in [0.1, 0.15) is 17.3 Å². The van der Waals surface area contributed by atoms with Gasteiger partial charge in [-0.3, -0.25) is 4.99 Å². The Balaban J connectivity index is 0.00000261. The van der Waals surface area contributed by atoms with E-state index in [1.807, 2.05) is 13.8 Å². The Labute approximate surface area is 174 Å². The molecule has 0 spiro atoms. The minimum absolute atomic E-state index is 0. The molecule has 2 N–H and O–H groups in total. The summed E-state index contributed by atoms with van der Waals surface area (Å²) >= 11 is 0. The zero-order chi connectivity index (χ0) is 18.5. The third kappa shape index (κ3) is 5.55. The predicted molar refractivity (Wildman–Crippen MR) is 110 cm³/mol. The standard InChI is InChI=1S/C18H23FN4O3.HI/c1-11-12(2)26-16(23-11)8-22-18(20-3)21-5-4-13-6-15(19)7-14-9-24-10-25-17(13)14;/h6-7H,4-5,8-10H2,1-3H3,(H2,20,21,22);1H. The van der Waals surface area contributed by atoms with Gasteiger partial charge in [-0.25, -0.2) is 9.37 Å². The second kappa shape index (κ2) is 9.88. The Hall–Kier alpha value is -1.88. The van der Waals surface area contributed by atoms with Crippen molar-refractivity contribution >= 4 is 29.9 Å². The number of benzene rings is 1. The minimum atomic E-state index is -0.287. The number of nitrogens with zero attached hydrogens (tertiary/aromatic N) is 2. The van der Waals surface area contributed by atoms with Gasteiger partial charge >= 0.3 is 0 Å². The molecule has 0 fully saturated rings. The normalized spacial score (nSPS) is 13.4. The Morgan fingerprint density at radius 2 is 2.11 bits per heavy atom. The molecule has 0 saturated carbocycles. The van der Waals surface area contributed by atoms with E-state index in [0.29, 0.717) is 43.7 Å². The van der Waals surface area contributed by atoms with E-state index in [0.717, 1.165) is 22.6 Å². The summed E-state index contributed by atoms with van der Waals surface area (Å²) in [5.41, 5.74) is 2.43. The third-order valence-electron chi connectivity index (χ3n) is 4.14. The molecule has 1 aliphatic rings. The first-order valence-electron chi connectivity index (χ1n) is 8.46.